The van der Waals surface area contributed by atoms with Crippen molar-refractivity contribution in [2.24, 2.45) is 0 Å². The van der Waals surface area contributed by atoms with Gasteiger partial charge in [-0.25, -0.2) is 4.39 Å². The summed E-state index contributed by atoms with van der Waals surface area (Å²) in [5.74, 6) is -0.117. The third-order valence-corrected chi connectivity index (χ3v) is 3.58. The highest BCUT2D eigenvalue weighted by molar-refractivity contribution is 5.20. The van der Waals surface area contributed by atoms with Gasteiger partial charge in [-0.1, -0.05) is 55.5 Å². The van der Waals surface area contributed by atoms with E-state index in [9.17, 15) is 4.39 Å². The average Bonchev–Trinajstić information content (AvgIpc) is 2.48. The van der Waals surface area contributed by atoms with Crippen molar-refractivity contribution in [3.05, 3.63) is 71.5 Å². The van der Waals surface area contributed by atoms with Gasteiger partial charge in [0.15, 0.2) is 0 Å². The molecule has 0 aromatic heterocycles. The number of hydrogen-bond donors (Lipinski definition) is 1. The lowest BCUT2D eigenvalue weighted by molar-refractivity contribution is 0.438. The first kappa shape index (κ1) is 14.7. The van der Waals surface area contributed by atoms with Gasteiger partial charge in [-0.3, -0.25) is 0 Å². The minimum Gasteiger partial charge on any atom is -0.307 e. The SMILES string of the molecule is CCC(NC(C)Cc1ccccc1F)c1ccccc1. The van der Waals surface area contributed by atoms with Gasteiger partial charge in [0.25, 0.3) is 0 Å². The van der Waals surface area contributed by atoms with E-state index in [1.165, 1.54) is 11.6 Å². The number of hydrogen-bond acceptors (Lipinski definition) is 1. The Morgan fingerprint density at radius 2 is 1.65 bits per heavy atom. The summed E-state index contributed by atoms with van der Waals surface area (Å²) in [4.78, 5) is 0. The van der Waals surface area contributed by atoms with Gasteiger partial charge in [-0.2, -0.15) is 0 Å². The van der Waals surface area contributed by atoms with Gasteiger partial charge in [-0.15, -0.1) is 0 Å². The van der Waals surface area contributed by atoms with E-state index in [1.54, 1.807) is 6.07 Å². The average molecular weight is 271 g/mol. The van der Waals surface area contributed by atoms with E-state index >= 15 is 0 Å². The molecule has 2 atom stereocenters. The third-order valence-electron chi connectivity index (χ3n) is 3.58. The van der Waals surface area contributed by atoms with Crippen molar-refractivity contribution >= 4 is 0 Å². The molecule has 0 radical (unpaired) electrons. The molecule has 1 N–H and O–H groups in total. The minimum atomic E-state index is -0.117. The number of rotatable bonds is 6. The predicted octanol–water partition coefficient (Wildman–Crippen LogP) is 4.50. The topological polar surface area (TPSA) is 12.0 Å². The first-order chi connectivity index (χ1) is 9.70. The molecule has 0 heterocycles. The molecule has 0 fully saturated rings. The van der Waals surface area contributed by atoms with E-state index < -0.39 is 0 Å². The van der Waals surface area contributed by atoms with Crippen LogP contribution in [-0.2, 0) is 6.42 Å². The zero-order valence-electron chi connectivity index (χ0n) is 12.1. The van der Waals surface area contributed by atoms with Crippen LogP contribution < -0.4 is 5.32 Å². The predicted molar refractivity (Wildman–Crippen MR) is 82.2 cm³/mol. The largest absolute Gasteiger partial charge is 0.307 e. The summed E-state index contributed by atoms with van der Waals surface area (Å²) >= 11 is 0. The molecule has 0 amide bonds. The Morgan fingerprint density at radius 1 is 1.00 bits per heavy atom. The van der Waals surface area contributed by atoms with Crippen LogP contribution in [0.15, 0.2) is 54.6 Å². The molecule has 0 aliphatic carbocycles. The normalized spacial score (nSPS) is 13.9. The second-order valence-electron chi connectivity index (χ2n) is 5.23. The van der Waals surface area contributed by atoms with E-state index in [1.807, 2.05) is 18.2 Å². The molecular weight excluding hydrogens is 249 g/mol. The molecule has 2 unspecified atom stereocenters. The quantitative estimate of drug-likeness (QED) is 0.815. The maximum atomic E-state index is 13.7. The monoisotopic (exact) mass is 271 g/mol. The van der Waals surface area contributed by atoms with Crippen LogP contribution in [0.4, 0.5) is 4.39 Å². The second kappa shape index (κ2) is 7.20. The molecule has 0 saturated heterocycles. The van der Waals surface area contributed by atoms with Crippen LogP contribution in [0.3, 0.4) is 0 Å². The van der Waals surface area contributed by atoms with Gasteiger partial charge in [0.05, 0.1) is 0 Å². The van der Waals surface area contributed by atoms with Gasteiger partial charge >= 0.3 is 0 Å². The Morgan fingerprint density at radius 3 is 2.30 bits per heavy atom. The summed E-state index contributed by atoms with van der Waals surface area (Å²) in [5, 5.41) is 3.59. The van der Waals surface area contributed by atoms with E-state index in [0.29, 0.717) is 12.5 Å². The zero-order chi connectivity index (χ0) is 14.4. The van der Waals surface area contributed by atoms with Crippen LogP contribution >= 0.6 is 0 Å². The molecule has 2 aromatic rings. The van der Waals surface area contributed by atoms with Crippen LogP contribution in [0.1, 0.15) is 37.4 Å². The molecule has 0 aliphatic rings. The Bertz CT molecular complexity index is 524. The summed E-state index contributed by atoms with van der Waals surface area (Å²) in [6.45, 7) is 4.28. The summed E-state index contributed by atoms with van der Waals surface area (Å²) < 4.78 is 13.7. The van der Waals surface area contributed by atoms with Crippen molar-refractivity contribution in [2.45, 2.75) is 38.8 Å². The van der Waals surface area contributed by atoms with E-state index in [0.717, 1.165) is 12.0 Å². The molecule has 0 bridgehead atoms. The van der Waals surface area contributed by atoms with Crippen molar-refractivity contribution in [3.8, 4) is 0 Å². The van der Waals surface area contributed by atoms with Crippen molar-refractivity contribution in [1.29, 1.82) is 0 Å². The Balaban J connectivity index is 2.00. The third kappa shape index (κ3) is 3.91. The van der Waals surface area contributed by atoms with Crippen molar-refractivity contribution in [1.82, 2.24) is 5.32 Å². The Hall–Kier alpha value is -1.67. The van der Waals surface area contributed by atoms with Crippen LogP contribution in [-0.4, -0.2) is 6.04 Å². The maximum absolute atomic E-state index is 13.7. The Kier molecular flexibility index (Phi) is 5.31. The van der Waals surface area contributed by atoms with Crippen LogP contribution in [0.25, 0.3) is 0 Å². The first-order valence-electron chi connectivity index (χ1n) is 7.25. The fraction of sp³-hybridized carbons (Fsp3) is 0.333. The lowest BCUT2D eigenvalue weighted by atomic mass is 10.0. The number of nitrogens with one attached hydrogen (secondary N) is 1. The van der Waals surface area contributed by atoms with E-state index in [4.69, 9.17) is 0 Å². The zero-order valence-corrected chi connectivity index (χ0v) is 12.1. The molecule has 0 spiro atoms. The molecule has 2 rings (SSSR count). The van der Waals surface area contributed by atoms with Crippen molar-refractivity contribution < 1.29 is 4.39 Å². The summed E-state index contributed by atoms with van der Waals surface area (Å²) in [6, 6.07) is 18.0. The van der Waals surface area contributed by atoms with Crippen molar-refractivity contribution in [3.63, 3.8) is 0 Å². The molecule has 2 aromatic carbocycles. The molecule has 2 heteroatoms. The number of benzene rings is 2. The van der Waals surface area contributed by atoms with Crippen LogP contribution in [0, 0.1) is 5.82 Å². The lowest BCUT2D eigenvalue weighted by Gasteiger charge is -2.23. The fourth-order valence-electron chi connectivity index (χ4n) is 2.53. The molecular formula is C18H22FN. The van der Waals surface area contributed by atoms with Crippen LogP contribution in [0.5, 0.6) is 0 Å². The second-order valence-corrected chi connectivity index (χ2v) is 5.23. The van der Waals surface area contributed by atoms with Gasteiger partial charge in [0, 0.05) is 12.1 Å². The standard InChI is InChI=1S/C18H22FN/c1-3-18(15-9-5-4-6-10-15)20-14(2)13-16-11-7-8-12-17(16)19/h4-12,14,18,20H,3,13H2,1-2H3. The molecule has 0 aliphatic heterocycles. The first-order valence-corrected chi connectivity index (χ1v) is 7.25. The maximum Gasteiger partial charge on any atom is 0.126 e. The van der Waals surface area contributed by atoms with E-state index in [2.05, 4.69) is 43.4 Å². The minimum absolute atomic E-state index is 0.117. The smallest absolute Gasteiger partial charge is 0.126 e. The summed E-state index contributed by atoms with van der Waals surface area (Å²) in [6.07, 6.45) is 1.72. The van der Waals surface area contributed by atoms with Gasteiger partial charge < -0.3 is 5.32 Å². The summed E-state index contributed by atoms with van der Waals surface area (Å²) in [7, 11) is 0. The lowest BCUT2D eigenvalue weighted by Crippen LogP contribution is -2.32. The molecule has 1 nitrogen and oxygen atoms in total. The molecule has 106 valence electrons. The highest BCUT2D eigenvalue weighted by Crippen LogP contribution is 2.18. The number of halogens is 1. The highest BCUT2D eigenvalue weighted by atomic mass is 19.1. The fourth-order valence-corrected chi connectivity index (χ4v) is 2.53. The van der Waals surface area contributed by atoms with Gasteiger partial charge in [-0.05, 0) is 37.0 Å². The molecule has 0 saturated carbocycles. The summed E-state index contributed by atoms with van der Waals surface area (Å²) in [5.41, 5.74) is 2.06. The van der Waals surface area contributed by atoms with Gasteiger partial charge in [0.1, 0.15) is 5.82 Å². The highest BCUT2D eigenvalue weighted by Gasteiger charge is 2.13. The van der Waals surface area contributed by atoms with Crippen molar-refractivity contribution in [2.75, 3.05) is 0 Å². The van der Waals surface area contributed by atoms with Gasteiger partial charge in [0.2, 0.25) is 0 Å². The van der Waals surface area contributed by atoms with Crippen LogP contribution in [0.2, 0.25) is 0 Å². The van der Waals surface area contributed by atoms with E-state index in [-0.39, 0.29) is 11.9 Å². The molecule has 20 heavy (non-hydrogen) atoms. The Labute approximate surface area is 120 Å².